The Balaban J connectivity index is 1.75. The molecule has 1 aliphatic carbocycles. The van der Waals surface area contributed by atoms with Gasteiger partial charge in [-0.2, -0.15) is 0 Å². The average molecular weight is 579 g/mol. The van der Waals surface area contributed by atoms with Crippen molar-refractivity contribution in [3.05, 3.63) is 0 Å². The first-order chi connectivity index (χ1) is 14.8. The highest BCUT2D eigenvalue weighted by Gasteiger charge is 2.30. The minimum atomic E-state index is -0.494. The zero-order valence-electron chi connectivity index (χ0n) is 19.1. The topological polar surface area (TPSA) is 84.9 Å². The van der Waals surface area contributed by atoms with Crippen LogP contribution < -0.4 is 0 Å². The second-order valence-corrected chi connectivity index (χ2v) is 9.49. The maximum atomic E-state index is 11.8. The smallest absolute Gasteiger partial charge is 0.410 e. The van der Waals surface area contributed by atoms with Gasteiger partial charge in [-0.15, -0.1) is 0 Å². The molecule has 0 radical (unpaired) electrons. The molecule has 0 unspecified atom stereocenters. The van der Waals surface area contributed by atoms with Crippen LogP contribution >= 0.6 is 30.4 Å². The normalized spacial score (nSPS) is 18.6. The molecule has 0 N–H and O–H groups in total. The van der Waals surface area contributed by atoms with Crippen LogP contribution in [0.25, 0.3) is 0 Å². The fourth-order valence-corrected chi connectivity index (χ4v) is 3.59. The summed E-state index contributed by atoms with van der Waals surface area (Å²) in [6.07, 6.45) is 2.22. The Morgan fingerprint density at radius 2 is 1.35 bits per heavy atom. The van der Waals surface area contributed by atoms with Gasteiger partial charge < -0.3 is 37.5 Å². The van der Waals surface area contributed by atoms with Gasteiger partial charge in [0.25, 0.3) is 0 Å². The number of hydrogen-bond acceptors (Lipinski definition) is 9. The van der Waals surface area contributed by atoms with Crippen molar-refractivity contribution in [2.45, 2.75) is 51.4 Å². The number of carbonyl (C=O) groups excluding carboxylic acids is 1. The number of ether oxygens (including phenoxy) is 6. The van der Waals surface area contributed by atoms with Gasteiger partial charge in [0.05, 0.1) is 80.9 Å². The van der Waals surface area contributed by atoms with Crippen LogP contribution in [0.5, 0.6) is 0 Å². The summed E-state index contributed by atoms with van der Waals surface area (Å²) in [6.45, 7) is 10.6. The van der Waals surface area contributed by atoms with E-state index in [1.54, 1.807) is 7.05 Å². The molecule has 0 aromatic carbocycles. The van der Waals surface area contributed by atoms with Crippen LogP contribution in [0.3, 0.4) is 0 Å². The van der Waals surface area contributed by atoms with Gasteiger partial charge in [0, 0.05) is 47.6 Å². The average Bonchev–Trinajstić information content (AvgIpc) is 2.67. The van der Waals surface area contributed by atoms with Crippen LogP contribution in [-0.4, -0.2) is 102 Å². The number of likely N-dealkylation sites (N-methyl/N-ethyl adjacent to an activating group) is 1. The molecule has 11 heteroatoms. The molecule has 184 valence electrons. The Labute approximate surface area is 202 Å². The monoisotopic (exact) mass is 579 g/mol. The highest BCUT2D eigenvalue weighted by atomic mass is 127. The Bertz CT molecular complexity index is 463. The second kappa shape index (κ2) is 17.6. The van der Waals surface area contributed by atoms with E-state index in [1.165, 1.54) is 14.1 Å². The summed E-state index contributed by atoms with van der Waals surface area (Å²) in [5.41, 5.74) is -0.494. The standard InChI is InChI=1S/C20H38INO8S/c1-20(2,3)29-19(23)22(4)5-6-24-7-8-25-9-10-26-11-12-27-13-14-28-17-15-18(16-17)30-31-21/h17-18H,5-16H2,1-4H3. The molecule has 1 fully saturated rings. The van der Waals surface area contributed by atoms with Crippen molar-refractivity contribution in [1.82, 2.24) is 4.90 Å². The molecule has 0 aromatic rings. The summed E-state index contributed by atoms with van der Waals surface area (Å²) in [5, 5.41) is 0. The number of carbonyl (C=O) groups is 1. The fraction of sp³-hybridized carbons (Fsp3) is 0.950. The molecular formula is C20H38INO8S. The molecule has 0 spiro atoms. The van der Waals surface area contributed by atoms with Crippen LogP contribution in [0, 0.1) is 0 Å². The SMILES string of the molecule is CN(CCOCCOCCOCCOCCOC1CC(OSI)C1)C(=O)OC(C)(C)C. The molecule has 0 aromatic heterocycles. The van der Waals surface area contributed by atoms with Gasteiger partial charge in [-0.3, -0.25) is 0 Å². The van der Waals surface area contributed by atoms with Crippen molar-refractivity contribution >= 4 is 36.5 Å². The van der Waals surface area contributed by atoms with E-state index in [0.29, 0.717) is 78.2 Å². The lowest BCUT2D eigenvalue weighted by molar-refractivity contribution is -0.0744. The van der Waals surface area contributed by atoms with Gasteiger partial charge >= 0.3 is 6.09 Å². The van der Waals surface area contributed by atoms with E-state index in [9.17, 15) is 4.79 Å². The molecule has 0 aliphatic heterocycles. The Morgan fingerprint density at radius 3 is 1.84 bits per heavy atom. The lowest BCUT2D eigenvalue weighted by Crippen LogP contribution is -2.36. The third-order valence-electron chi connectivity index (χ3n) is 4.20. The predicted molar refractivity (Wildman–Crippen MR) is 128 cm³/mol. The Kier molecular flexibility index (Phi) is 16.5. The van der Waals surface area contributed by atoms with Gasteiger partial charge in [-0.25, -0.2) is 4.79 Å². The molecule has 0 heterocycles. The highest BCUT2D eigenvalue weighted by molar-refractivity contribution is 14.2. The van der Waals surface area contributed by atoms with E-state index in [0.717, 1.165) is 12.8 Å². The van der Waals surface area contributed by atoms with E-state index in [1.807, 2.05) is 20.8 Å². The van der Waals surface area contributed by atoms with Crippen LogP contribution in [-0.2, 0) is 32.6 Å². The van der Waals surface area contributed by atoms with E-state index in [2.05, 4.69) is 21.2 Å². The Morgan fingerprint density at radius 1 is 0.871 bits per heavy atom. The van der Waals surface area contributed by atoms with Crippen LogP contribution in [0.4, 0.5) is 4.79 Å². The Hall–Kier alpha value is 0.110. The summed E-state index contributed by atoms with van der Waals surface area (Å²) in [4.78, 5) is 13.3. The number of amides is 1. The minimum Gasteiger partial charge on any atom is -0.444 e. The fourth-order valence-electron chi connectivity index (χ4n) is 2.45. The van der Waals surface area contributed by atoms with Gasteiger partial charge in [-0.05, 0) is 20.8 Å². The molecular weight excluding hydrogens is 541 g/mol. The first-order valence-electron chi connectivity index (χ1n) is 10.6. The van der Waals surface area contributed by atoms with Crippen molar-refractivity contribution in [2.75, 3.05) is 73.1 Å². The van der Waals surface area contributed by atoms with Crippen molar-refractivity contribution in [3.8, 4) is 0 Å². The zero-order valence-corrected chi connectivity index (χ0v) is 22.1. The number of hydrogen-bond donors (Lipinski definition) is 0. The second-order valence-electron chi connectivity index (χ2n) is 8.10. The molecule has 9 nitrogen and oxygen atoms in total. The molecule has 1 amide bonds. The lowest BCUT2D eigenvalue weighted by Gasteiger charge is -2.33. The summed E-state index contributed by atoms with van der Waals surface area (Å²) in [6, 6.07) is 0. The van der Waals surface area contributed by atoms with Gasteiger partial charge in [0.15, 0.2) is 0 Å². The number of halogens is 1. The van der Waals surface area contributed by atoms with Crippen LogP contribution in [0.15, 0.2) is 0 Å². The first kappa shape index (κ1) is 29.1. The molecule has 0 bridgehead atoms. The molecule has 1 rings (SSSR count). The minimum absolute atomic E-state index is 0.306. The predicted octanol–water partition coefficient (Wildman–Crippen LogP) is 3.48. The van der Waals surface area contributed by atoms with Crippen LogP contribution in [0.1, 0.15) is 33.6 Å². The van der Waals surface area contributed by atoms with Crippen molar-refractivity contribution in [1.29, 1.82) is 0 Å². The van der Waals surface area contributed by atoms with Gasteiger partial charge in [0.1, 0.15) is 5.60 Å². The van der Waals surface area contributed by atoms with Crippen molar-refractivity contribution < 1.29 is 37.4 Å². The summed E-state index contributed by atoms with van der Waals surface area (Å²) >= 11 is 2.13. The maximum absolute atomic E-state index is 11.8. The largest absolute Gasteiger partial charge is 0.444 e. The van der Waals surface area contributed by atoms with E-state index >= 15 is 0 Å². The number of rotatable bonds is 18. The maximum Gasteiger partial charge on any atom is 0.410 e. The van der Waals surface area contributed by atoms with Gasteiger partial charge in [0.2, 0.25) is 0 Å². The molecule has 1 aliphatic rings. The number of nitrogens with zero attached hydrogens (tertiary/aromatic N) is 1. The van der Waals surface area contributed by atoms with E-state index < -0.39 is 5.60 Å². The lowest BCUT2D eigenvalue weighted by atomic mass is 9.92. The quantitative estimate of drug-likeness (QED) is 0.138. The summed E-state index contributed by atoms with van der Waals surface area (Å²) in [7, 11) is 3.07. The molecule has 1 saturated carbocycles. The van der Waals surface area contributed by atoms with Gasteiger partial charge in [-0.1, -0.05) is 0 Å². The molecule has 0 saturated heterocycles. The van der Waals surface area contributed by atoms with Crippen LogP contribution in [0.2, 0.25) is 0 Å². The highest BCUT2D eigenvalue weighted by Crippen LogP contribution is 2.31. The molecule has 0 atom stereocenters. The zero-order chi connectivity index (χ0) is 23.0. The molecule has 31 heavy (non-hydrogen) atoms. The third-order valence-corrected chi connectivity index (χ3v) is 5.17. The van der Waals surface area contributed by atoms with Crippen molar-refractivity contribution in [3.63, 3.8) is 0 Å². The summed E-state index contributed by atoms with van der Waals surface area (Å²) in [5.74, 6) is 0. The van der Waals surface area contributed by atoms with E-state index in [-0.39, 0.29) is 6.09 Å². The third kappa shape index (κ3) is 16.4. The summed E-state index contributed by atoms with van der Waals surface area (Å²) < 4.78 is 38.2. The first-order valence-corrected chi connectivity index (χ1v) is 13.9. The van der Waals surface area contributed by atoms with E-state index in [4.69, 9.17) is 32.6 Å². The van der Waals surface area contributed by atoms with Crippen molar-refractivity contribution in [2.24, 2.45) is 0 Å².